The fraction of sp³-hybridized carbons (Fsp3) is 0.478. The second-order valence-corrected chi connectivity index (χ2v) is 8.27. The number of piperazine rings is 1. The molecule has 6 nitrogen and oxygen atoms in total. The van der Waals surface area contributed by atoms with E-state index in [2.05, 4.69) is 50.0 Å². The third-order valence-electron chi connectivity index (χ3n) is 6.64. The van der Waals surface area contributed by atoms with Gasteiger partial charge >= 0.3 is 0 Å². The highest BCUT2D eigenvalue weighted by Crippen LogP contribution is 2.42. The van der Waals surface area contributed by atoms with Gasteiger partial charge in [-0.15, -0.1) is 0 Å². The molecule has 3 fully saturated rings. The number of aromatic nitrogens is 1. The van der Waals surface area contributed by atoms with E-state index >= 15 is 0 Å². The molecule has 1 spiro atoms. The van der Waals surface area contributed by atoms with Crippen molar-refractivity contribution in [1.82, 2.24) is 19.7 Å². The largest absolute Gasteiger partial charge is 0.381 e. The zero-order chi connectivity index (χ0) is 19.7. The van der Waals surface area contributed by atoms with Gasteiger partial charge in [0.15, 0.2) is 0 Å². The van der Waals surface area contributed by atoms with Crippen LogP contribution in [0.1, 0.15) is 24.1 Å². The molecule has 0 aliphatic carbocycles. The summed E-state index contributed by atoms with van der Waals surface area (Å²) in [6.45, 7) is 5.55. The predicted molar refractivity (Wildman–Crippen MR) is 110 cm³/mol. The van der Waals surface area contributed by atoms with Gasteiger partial charge in [-0.2, -0.15) is 0 Å². The Morgan fingerprint density at radius 1 is 1.00 bits per heavy atom. The number of benzene rings is 1. The first-order valence-electron chi connectivity index (χ1n) is 10.6. The van der Waals surface area contributed by atoms with Crippen LogP contribution in [-0.2, 0) is 22.6 Å². The van der Waals surface area contributed by atoms with E-state index in [-0.39, 0.29) is 17.6 Å². The van der Waals surface area contributed by atoms with Crippen molar-refractivity contribution in [1.29, 1.82) is 0 Å². The fourth-order valence-electron chi connectivity index (χ4n) is 5.20. The van der Waals surface area contributed by atoms with Gasteiger partial charge in [0, 0.05) is 51.8 Å². The molecular formula is C23H28N4O2. The van der Waals surface area contributed by atoms with Gasteiger partial charge in [-0.3, -0.25) is 19.6 Å². The van der Waals surface area contributed by atoms with Gasteiger partial charge in [0.05, 0.1) is 18.9 Å². The van der Waals surface area contributed by atoms with E-state index in [0.717, 1.165) is 57.9 Å². The number of fused-ring (bicyclic) bond motifs is 2. The van der Waals surface area contributed by atoms with Crippen molar-refractivity contribution < 1.29 is 9.53 Å². The summed E-state index contributed by atoms with van der Waals surface area (Å²) in [6.07, 6.45) is 3.62. The lowest BCUT2D eigenvalue weighted by Crippen LogP contribution is -2.61. The lowest BCUT2D eigenvalue weighted by atomic mass is 9.96. The minimum atomic E-state index is -0.201. The SMILES string of the molecule is O=C1[C@H]2CN(Cc3ccccn3)CCN2C2(CCOCC2)N1Cc1ccccc1. The lowest BCUT2D eigenvalue weighted by molar-refractivity contribution is -0.137. The molecule has 0 bridgehead atoms. The number of hydrogen-bond acceptors (Lipinski definition) is 5. The molecule has 2 aromatic rings. The smallest absolute Gasteiger partial charge is 0.243 e. The average molecular weight is 393 g/mol. The summed E-state index contributed by atoms with van der Waals surface area (Å²) >= 11 is 0. The monoisotopic (exact) mass is 392 g/mol. The topological polar surface area (TPSA) is 48.9 Å². The van der Waals surface area contributed by atoms with Crippen LogP contribution in [0.2, 0.25) is 0 Å². The molecule has 1 atom stereocenters. The van der Waals surface area contributed by atoms with Crippen LogP contribution < -0.4 is 0 Å². The number of carbonyl (C=O) groups excluding carboxylic acids is 1. The summed E-state index contributed by atoms with van der Waals surface area (Å²) in [7, 11) is 0. The van der Waals surface area contributed by atoms with Crippen LogP contribution >= 0.6 is 0 Å². The molecule has 3 aliphatic heterocycles. The zero-order valence-electron chi connectivity index (χ0n) is 16.7. The minimum absolute atomic E-state index is 0.0747. The normalized spacial score (nSPS) is 24.8. The molecule has 0 radical (unpaired) electrons. The summed E-state index contributed by atoms with van der Waals surface area (Å²) in [5.41, 5.74) is 2.05. The summed E-state index contributed by atoms with van der Waals surface area (Å²) in [4.78, 5) is 25.1. The van der Waals surface area contributed by atoms with Crippen molar-refractivity contribution in [2.75, 3.05) is 32.8 Å². The number of ether oxygens (including phenoxy) is 1. The molecule has 29 heavy (non-hydrogen) atoms. The molecule has 4 heterocycles. The molecule has 0 unspecified atom stereocenters. The highest BCUT2D eigenvalue weighted by Gasteiger charge is 2.57. The number of carbonyl (C=O) groups is 1. The van der Waals surface area contributed by atoms with E-state index in [1.807, 2.05) is 24.4 Å². The van der Waals surface area contributed by atoms with Crippen LogP contribution in [0, 0.1) is 0 Å². The number of hydrogen-bond donors (Lipinski definition) is 0. The zero-order valence-corrected chi connectivity index (χ0v) is 16.7. The molecule has 3 saturated heterocycles. The minimum Gasteiger partial charge on any atom is -0.381 e. The maximum atomic E-state index is 13.6. The predicted octanol–water partition coefficient (Wildman–Crippen LogP) is 2.12. The Bertz CT molecular complexity index is 838. The van der Waals surface area contributed by atoms with Crippen molar-refractivity contribution in [3.8, 4) is 0 Å². The highest BCUT2D eigenvalue weighted by atomic mass is 16.5. The number of pyridine rings is 1. The van der Waals surface area contributed by atoms with E-state index in [1.54, 1.807) is 0 Å². The van der Waals surface area contributed by atoms with Crippen molar-refractivity contribution in [3.05, 3.63) is 66.0 Å². The second kappa shape index (κ2) is 7.86. The summed E-state index contributed by atoms with van der Waals surface area (Å²) in [5, 5.41) is 0. The van der Waals surface area contributed by atoms with Gasteiger partial charge < -0.3 is 9.64 Å². The molecule has 0 saturated carbocycles. The maximum absolute atomic E-state index is 13.6. The summed E-state index contributed by atoms with van der Waals surface area (Å²) in [5.74, 6) is 0.265. The number of nitrogens with zero attached hydrogens (tertiary/aromatic N) is 4. The van der Waals surface area contributed by atoms with Crippen LogP contribution in [0.4, 0.5) is 0 Å². The van der Waals surface area contributed by atoms with Crippen LogP contribution in [0.3, 0.4) is 0 Å². The van der Waals surface area contributed by atoms with Crippen molar-refractivity contribution in [3.63, 3.8) is 0 Å². The third kappa shape index (κ3) is 3.45. The number of amides is 1. The van der Waals surface area contributed by atoms with Crippen molar-refractivity contribution in [2.24, 2.45) is 0 Å². The Hall–Kier alpha value is -2.28. The van der Waals surface area contributed by atoms with Crippen LogP contribution in [0.5, 0.6) is 0 Å². The first kappa shape index (κ1) is 18.7. The van der Waals surface area contributed by atoms with Crippen molar-refractivity contribution in [2.45, 2.75) is 37.6 Å². The maximum Gasteiger partial charge on any atom is 0.243 e. The quantitative estimate of drug-likeness (QED) is 0.798. The molecule has 1 amide bonds. The molecule has 1 aromatic carbocycles. The highest BCUT2D eigenvalue weighted by molar-refractivity contribution is 5.85. The van der Waals surface area contributed by atoms with Gasteiger partial charge in [0.1, 0.15) is 11.7 Å². The van der Waals surface area contributed by atoms with E-state index in [9.17, 15) is 4.79 Å². The lowest BCUT2D eigenvalue weighted by Gasteiger charge is -2.49. The van der Waals surface area contributed by atoms with E-state index in [4.69, 9.17) is 4.74 Å². The van der Waals surface area contributed by atoms with Gasteiger partial charge in [-0.25, -0.2) is 0 Å². The Labute approximate surface area is 172 Å². The Balaban J connectivity index is 1.39. The molecule has 6 heteroatoms. The summed E-state index contributed by atoms with van der Waals surface area (Å²) < 4.78 is 5.69. The summed E-state index contributed by atoms with van der Waals surface area (Å²) in [6, 6.07) is 16.3. The molecule has 5 rings (SSSR count). The second-order valence-electron chi connectivity index (χ2n) is 8.27. The first-order chi connectivity index (χ1) is 14.3. The molecule has 3 aliphatic rings. The third-order valence-corrected chi connectivity index (χ3v) is 6.64. The first-order valence-corrected chi connectivity index (χ1v) is 10.6. The van der Waals surface area contributed by atoms with E-state index in [1.165, 1.54) is 5.56 Å². The van der Waals surface area contributed by atoms with Gasteiger partial charge in [0.25, 0.3) is 0 Å². The van der Waals surface area contributed by atoms with Crippen LogP contribution in [-0.4, -0.2) is 70.1 Å². The Morgan fingerprint density at radius 3 is 2.55 bits per heavy atom. The standard InChI is InChI=1S/C23H28N4O2/c28-22-21-18-25(17-20-8-4-5-11-24-20)12-13-26(21)23(9-14-29-15-10-23)27(22)16-19-6-2-1-3-7-19/h1-8,11,21H,9-10,12-18H2/t21-/m1/s1. The Morgan fingerprint density at radius 2 is 1.79 bits per heavy atom. The molecule has 152 valence electrons. The number of rotatable bonds is 4. The van der Waals surface area contributed by atoms with Gasteiger partial charge in [-0.1, -0.05) is 36.4 Å². The Kier molecular flexibility index (Phi) is 5.08. The van der Waals surface area contributed by atoms with Crippen LogP contribution in [0.25, 0.3) is 0 Å². The van der Waals surface area contributed by atoms with Gasteiger partial charge in [0.2, 0.25) is 5.91 Å². The molecule has 1 aromatic heterocycles. The van der Waals surface area contributed by atoms with Crippen molar-refractivity contribution >= 4 is 5.91 Å². The van der Waals surface area contributed by atoms with E-state index < -0.39 is 0 Å². The van der Waals surface area contributed by atoms with E-state index in [0.29, 0.717) is 6.54 Å². The fourth-order valence-corrected chi connectivity index (χ4v) is 5.20. The van der Waals surface area contributed by atoms with Crippen LogP contribution in [0.15, 0.2) is 54.7 Å². The molecule has 0 N–H and O–H groups in total. The van der Waals surface area contributed by atoms with Gasteiger partial charge in [-0.05, 0) is 17.7 Å². The molecular weight excluding hydrogens is 364 g/mol. The average Bonchev–Trinajstić information content (AvgIpc) is 2.98.